The Morgan fingerprint density at radius 1 is 1.17 bits per heavy atom. The van der Waals surface area contributed by atoms with E-state index in [1.807, 2.05) is 32.0 Å². The van der Waals surface area contributed by atoms with Crippen molar-refractivity contribution >= 4 is 39.2 Å². The predicted octanol–water partition coefficient (Wildman–Crippen LogP) is 3.71. The average Bonchev–Trinajstić information content (AvgIpc) is 2.73. The number of hydrogen-bond acceptors (Lipinski definition) is 6. The van der Waals surface area contributed by atoms with Crippen LogP contribution in [-0.2, 0) is 14.3 Å². The second-order valence-electron chi connectivity index (χ2n) is 7.05. The summed E-state index contributed by atoms with van der Waals surface area (Å²) >= 11 is 3.49. The molecule has 1 heterocycles. The molecule has 1 aliphatic heterocycles. The van der Waals surface area contributed by atoms with Gasteiger partial charge in [0.25, 0.3) is 5.91 Å². The highest BCUT2D eigenvalue weighted by Crippen LogP contribution is 2.31. The summed E-state index contributed by atoms with van der Waals surface area (Å²) in [6, 6.07) is 9.07. The van der Waals surface area contributed by atoms with Gasteiger partial charge in [-0.05, 0) is 65.2 Å². The summed E-state index contributed by atoms with van der Waals surface area (Å²) in [6.45, 7) is 6.38. The topological polar surface area (TPSA) is 77.1 Å². The maximum atomic E-state index is 12.7. The molecule has 3 rings (SSSR count). The third-order valence-electron chi connectivity index (χ3n) is 4.76. The Morgan fingerprint density at radius 2 is 1.90 bits per heavy atom. The first-order chi connectivity index (χ1) is 14.4. The number of benzene rings is 2. The van der Waals surface area contributed by atoms with Crippen LogP contribution in [0.4, 0.5) is 11.4 Å². The number of morpholine rings is 1. The van der Waals surface area contributed by atoms with E-state index in [0.717, 1.165) is 21.3 Å². The average molecular weight is 477 g/mol. The molecule has 1 amide bonds. The largest absolute Gasteiger partial charge is 0.482 e. The zero-order valence-electron chi connectivity index (χ0n) is 17.3. The highest BCUT2D eigenvalue weighted by atomic mass is 79.9. The summed E-state index contributed by atoms with van der Waals surface area (Å²) in [7, 11) is 1.33. The standard InChI is InChI=1S/C22H25BrN2O5/c1-14-10-15(2)21(17(23)11-14)30-13-20(26)24-18-12-16(22(27)28-3)4-5-19(18)25-6-8-29-9-7-25/h4-5,10-12H,6-9,13H2,1-3H3,(H,24,26). The summed E-state index contributed by atoms with van der Waals surface area (Å²) in [5.41, 5.74) is 3.77. The van der Waals surface area contributed by atoms with E-state index in [0.29, 0.717) is 43.3 Å². The molecule has 1 fully saturated rings. The second-order valence-corrected chi connectivity index (χ2v) is 7.91. The van der Waals surface area contributed by atoms with Crippen LogP contribution in [0.15, 0.2) is 34.8 Å². The number of carbonyl (C=O) groups is 2. The quantitative estimate of drug-likeness (QED) is 0.640. The molecule has 7 nitrogen and oxygen atoms in total. The van der Waals surface area contributed by atoms with Gasteiger partial charge in [0.1, 0.15) is 5.75 Å². The summed E-state index contributed by atoms with van der Waals surface area (Å²) < 4.78 is 16.8. The van der Waals surface area contributed by atoms with E-state index in [2.05, 4.69) is 26.1 Å². The van der Waals surface area contributed by atoms with Crippen LogP contribution in [0.2, 0.25) is 0 Å². The second kappa shape index (κ2) is 9.95. The van der Waals surface area contributed by atoms with Crippen LogP contribution in [0.5, 0.6) is 5.75 Å². The number of esters is 1. The highest BCUT2D eigenvalue weighted by Gasteiger charge is 2.19. The minimum atomic E-state index is -0.463. The zero-order chi connectivity index (χ0) is 21.7. The van der Waals surface area contributed by atoms with E-state index in [1.54, 1.807) is 12.1 Å². The molecule has 0 radical (unpaired) electrons. The Kier molecular flexibility index (Phi) is 7.33. The van der Waals surface area contributed by atoms with Gasteiger partial charge in [0, 0.05) is 13.1 Å². The minimum Gasteiger partial charge on any atom is -0.482 e. The first-order valence-corrected chi connectivity index (χ1v) is 10.4. The summed E-state index contributed by atoms with van der Waals surface area (Å²) in [4.78, 5) is 26.7. The molecule has 30 heavy (non-hydrogen) atoms. The smallest absolute Gasteiger partial charge is 0.337 e. The van der Waals surface area contributed by atoms with Crippen molar-refractivity contribution in [3.8, 4) is 5.75 Å². The SMILES string of the molecule is COC(=O)c1ccc(N2CCOCC2)c(NC(=O)COc2c(C)cc(C)cc2Br)c1. The Morgan fingerprint density at radius 3 is 2.57 bits per heavy atom. The third kappa shape index (κ3) is 5.31. The van der Waals surface area contributed by atoms with Gasteiger partial charge in [-0.1, -0.05) is 6.07 Å². The van der Waals surface area contributed by atoms with Crippen LogP contribution < -0.4 is 15.0 Å². The van der Waals surface area contributed by atoms with Gasteiger partial charge in [0.15, 0.2) is 6.61 Å². The summed E-state index contributed by atoms with van der Waals surface area (Å²) in [5, 5.41) is 2.88. The number of halogens is 1. The van der Waals surface area contributed by atoms with Gasteiger partial charge >= 0.3 is 5.97 Å². The molecule has 0 unspecified atom stereocenters. The summed E-state index contributed by atoms with van der Waals surface area (Å²) in [6.07, 6.45) is 0. The Labute approximate surface area is 184 Å². The van der Waals surface area contributed by atoms with E-state index < -0.39 is 5.97 Å². The van der Waals surface area contributed by atoms with Crippen LogP contribution in [-0.4, -0.2) is 51.9 Å². The molecule has 0 bridgehead atoms. The number of nitrogens with one attached hydrogen (secondary N) is 1. The van der Waals surface area contributed by atoms with Crippen molar-refractivity contribution in [1.29, 1.82) is 0 Å². The fourth-order valence-corrected chi connectivity index (χ4v) is 4.16. The van der Waals surface area contributed by atoms with Crippen molar-refractivity contribution in [3.63, 3.8) is 0 Å². The number of rotatable bonds is 6. The van der Waals surface area contributed by atoms with Gasteiger partial charge in [0.05, 0.1) is 41.7 Å². The number of anilines is 2. The molecule has 0 aromatic heterocycles. The molecule has 1 N–H and O–H groups in total. The van der Waals surface area contributed by atoms with Gasteiger partial charge in [0.2, 0.25) is 0 Å². The maximum absolute atomic E-state index is 12.7. The van der Waals surface area contributed by atoms with Crippen molar-refractivity contribution in [2.45, 2.75) is 13.8 Å². The molecule has 0 spiro atoms. The predicted molar refractivity (Wildman–Crippen MR) is 119 cm³/mol. The minimum absolute atomic E-state index is 0.159. The van der Waals surface area contributed by atoms with Gasteiger partial charge in [-0.3, -0.25) is 4.79 Å². The van der Waals surface area contributed by atoms with Crippen LogP contribution in [0.25, 0.3) is 0 Å². The monoisotopic (exact) mass is 476 g/mol. The molecule has 0 atom stereocenters. The fourth-order valence-electron chi connectivity index (χ4n) is 3.37. The maximum Gasteiger partial charge on any atom is 0.337 e. The molecule has 1 aliphatic rings. The van der Waals surface area contributed by atoms with Crippen LogP contribution in [0, 0.1) is 13.8 Å². The lowest BCUT2D eigenvalue weighted by Crippen LogP contribution is -2.37. The molecular formula is C22H25BrN2O5. The Balaban J connectivity index is 1.77. The lowest BCUT2D eigenvalue weighted by Gasteiger charge is -2.30. The normalized spacial score (nSPS) is 13.7. The number of amides is 1. The third-order valence-corrected chi connectivity index (χ3v) is 5.35. The fraction of sp³-hybridized carbons (Fsp3) is 0.364. The number of ether oxygens (including phenoxy) is 3. The number of nitrogens with zero attached hydrogens (tertiary/aromatic N) is 1. The number of methoxy groups -OCH3 is 1. The van der Waals surface area contributed by atoms with E-state index in [9.17, 15) is 9.59 Å². The number of carbonyl (C=O) groups excluding carboxylic acids is 2. The van der Waals surface area contributed by atoms with Crippen LogP contribution in [0.1, 0.15) is 21.5 Å². The molecule has 0 aliphatic carbocycles. The van der Waals surface area contributed by atoms with Crippen molar-refractivity contribution in [3.05, 3.63) is 51.5 Å². The van der Waals surface area contributed by atoms with Gasteiger partial charge in [-0.25, -0.2) is 4.79 Å². The summed E-state index contributed by atoms with van der Waals surface area (Å²) in [5.74, 6) is -0.152. The lowest BCUT2D eigenvalue weighted by atomic mass is 10.1. The van der Waals surface area contributed by atoms with Crippen molar-refractivity contribution in [2.24, 2.45) is 0 Å². The molecular weight excluding hydrogens is 452 g/mol. The molecule has 2 aromatic rings. The van der Waals surface area contributed by atoms with Crippen LogP contribution in [0.3, 0.4) is 0 Å². The zero-order valence-corrected chi connectivity index (χ0v) is 18.9. The van der Waals surface area contributed by atoms with Gasteiger partial charge in [-0.15, -0.1) is 0 Å². The Hall–Kier alpha value is -2.58. The van der Waals surface area contributed by atoms with Crippen LogP contribution >= 0.6 is 15.9 Å². The number of hydrogen-bond donors (Lipinski definition) is 1. The van der Waals surface area contributed by atoms with E-state index in [1.165, 1.54) is 7.11 Å². The number of aryl methyl sites for hydroxylation is 2. The van der Waals surface area contributed by atoms with Crippen molar-refractivity contribution in [1.82, 2.24) is 0 Å². The molecule has 8 heteroatoms. The van der Waals surface area contributed by atoms with Crippen molar-refractivity contribution < 1.29 is 23.8 Å². The lowest BCUT2D eigenvalue weighted by molar-refractivity contribution is -0.118. The first-order valence-electron chi connectivity index (χ1n) is 9.63. The van der Waals surface area contributed by atoms with E-state index in [4.69, 9.17) is 14.2 Å². The molecule has 1 saturated heterocycles. The Bertz CT molecular complexity index is 918. The highest BCUT2D eigenvalue weighted by molar-refractivity contribution is 9.10. The van der Waals surface area contributed by atoms with Gasteiger partial charge in [-0.2, -0.15) is 0 Å². The first kappa shape index (κ1) is 22.1. The van der Waals surface area contributed by atoms with E-state index in [-0.39, 0.29) is 12.5 Å². The molecule has 0 saturated carbocycles. The van der Waals surface area contributed by atoms with Crippen molar-refractivity contribution in [2.75, 3.05) is 50.2 Å². The van der Waals surface area contributed by atoms with Gasteiger partial charge < -0.3 is 24.4 Å². The molecule has 2 aromatic carbocycles. The molecule has 160 valence electrons. The van der Waals surface area contributed by atoms with E-state index >= 15 is 0 Å².